The van der Waals surface area contributed by atoms with Crippen molar-refractivity contribution in [1.29, 1.82) is 0 Å². The van der Waals surface area contributed by atoms with Gasteiger partial charge in [0.25, 0.3) is 7.52 Å². The standard InChI is InChI=1S/C30H34NO2P2Si.C5H5.Fe/c1-24-30(25-16-9-6-10-17-25,34(26-18-11-7-12-19-26)27-20-13-8-14-21-27)33-35(32,31(24)2)28-22-15-23-29(28)36(3,4)5;1-2-4-5-3-1;/h6-24H,1-5H3;1-5H;/q;;+2/t24-,30+,35+;;/m0../s1. The number of nitrogens with zero attached hydrogens (tertiary/aromatic N) is 1. The average Bonchev–Trinajstić information content (AvgIpc) is 3.76. The molecule has 2 saturated carbocycles. The molecule has 0 spiro atoms. The smallest absolute Gasteiger partial charge is 0.298 e. The van der Waals surface area contributed by atoms with Gasteiger partial charge < -0.3 is 0 Å². The molecule has 3 aromatic rings. The number of likely N-dealkylation sites (N-methyl/N-ethyl adjacent to an activating group) is 1. The average molecular weight is 652 g/mol. The Morgan fingerprint density at radius 3 is 1.64 bits per heavy atom. The molecule has 0 bridgehead atoms. The van der Waals surface area contributed by atoms with Gasteiger partial charge in [-0.1, -0.05) is 111 Å². The van der Waals surface area contributed by atoms with Crippen LogP contribution in [0.5, 0.6) is 0 Å². The Morgan fingerprint density at radius 2 is 1.19 bits per heavy atom. The summed E-state index contributed by atoms with van der Waals surface area (Å²) in [4.78, 5) is 0. The second kappa shape index (κ2) is 14.4. The minimum atomic E-state index is -3.35. The van der Waals surface area contributed by atoms with Crippen molar-refractivity contribution in [2.45, 2.75) is 37.9 Å². The number of rotatable bonds is 6. The molecule has 0 aromatic heterocycles. The maximum absolute atomic E-state index is 15.2. The van der Waals surface area contributed by atoms with Crippen molar-refractivity contribution in [3.8, 4) is 0 Å². The van der Waals surface area contributed by atoms with Crippen LogP contribution >= 0.6 is 15.4 Å². The van der Waals surface area contributed by atoms with Gasteiger partial charge in [0.15, 0.2) is 0 Å². The molecule has 0 unspecified atom stereocenters. The van der Waals surface area contributed by atoms with Crippen molar-refractivity contribution < 1.29 is 26.2 Å². The second-order valence-electron chi connectivity index (χ2n) is 11.5. The maximum Gasteiger partial charge on any atom is 2.00 e. The fraction of sp³-hybridized carbons (Fsp3) is 0.200. The Bertz CT molecular complexity index is 1260. The van der Waals surface area contributed by atoms with E-state index < -0.39 is 28.9 Å². The predicted molar refractivity (Wildman–Crippen MR) is 177 cm³/mol. The van der Waals surface area contributed by atoms with E-state index in [1.807, 2.05) is 62.7 Å². The monoisotopic (exact) mass is 651 g/mol. The number of hydrogen-bond donors (Lipinski definition) is 0. The van der Waals surface area contributed by atoms with E-state index in [0.29, 0.717) is 0 Å². The molecule has 3 aromatic carbocycles. The third-order valence-electron chi connectivity index (χ3n) is 7.81. The Kier molecular flexibility index (Phi) is 11.6. The van der Waals surface area contributed by atoms with Gasteiger partial charge >= 0.3 is 17.1 Å². The van der Waals surface area contributed by atoms with Crippen LogP contribution in [-0.4, -0.2) is 25.8 Å². The summed E-state index contributed by atoms with van der Waals surface area (Å²) in [5.41, 5.74) is 3.17. The summed E-state index contributed by atoms with van der Waals surface area (Å²) < 4.78 is 24.4. The van der Waals surface area contributed by atoms with Gasteiger partial charge in [0.1, 0.15) is 5.34 Å². The summed E-state index contributed by atoms with van der Waals surface area (Å²) in [5.74, 6) is 0. The van der Waals surface area contributed by atoms with Crippen molar-refractivity contribution >= 4 is 34.1 Å². The molecule has 1 aliphatic heterocycles. The molecule has 0 N–H and O–H groups in total. The molecule has 6 rings (SSSR count). The van der Waals surface area contributed by atoms with Crippen LogP contribution in [0.15, 0.2) is 91.0 Å². The molecule has 3 aliphatic rings. The molecule has 3 atom stereocenters. The van der Waals surface area contributed by atoms with Crippen LogP contribution in [0, 0.1) is 62.6 Å². The van der Waals surface area contributed by atoms with Gasteiger partial charge in [-0.2, -0.15) is 0 Å². The van der Waals surface area contributed by atoms with Crippen LogP contribution < -0.4 is 10.6 Å². The first kappa shape index (κ1) is 33.9. The fourth-order valence-electron chi connectivity index (χ4n) is 5.66. The predicted octanol–water partition coefficient (Wildman–Crippen LogP) is 8.15. The Morgan fingerprint density at radius 1 is 0.738 bits per heavy atom. The molecule has 7 heteroatoms. The van der Waals surface area contributed by atoms with Crippen LogP contribution in [-0.2, 0) is 31.5 Å². The first-order valence-electron chi connectivity index (χ1n) is 14.1. The third kappa shape index (κ3) is 6.64. The van der Waals surface area contributed by atoms with E-state index in [1.165, 1.54) is 16.2 Å². The zero-order valence-corrected chi connectivity index (χ0v) is 28.8. The summed E-state index contributed by atoms with van der Waals surface area (Å²) in [7, 11) is -4.19. The fourth-order valence-corrected chi connectivity index (χ4v) is 14.7. The van der Waals surface area contributed by atoms with Crippen LogP contribution in [0.25, 0.3) is 0 Å². The summed E-state index contributed by atoms with van der Waals surface area (Å²) in [5, 5.41) is 1.63. The van der Waals surface area contributed by atoms with Crippen LogP contribution in [0.2, 0.25) is 19.6 Å². The topological polar surface area (TPSA) is 29.5 Å². The molecule has 3 fully saturated rings. The van der Waals surface area contributed by atoms with Gasteiger partial charge in [-0.15, -0.1) is 0 Å². The number of benzene rings is 3. The molecule has 42 heavy (non-hydrogen) atoms. The van der Waals surface area contributed by atoms with Crippen molar-refractivity contribution in [3.05, 3.63) is 159 Å². The summed E-state index contributed by atoms with van der Waals surface area (Å²) in [6, 6.07) is 31.6. The van der Waals surface area contributed by atoms with Gasteiger partial charge in [-0.05, 0) is 95.0 Å². The molecule has 3 nitrogen and oxygen atoms in total. The van der Waals surface area contributed by atoms with Gasteiger partial charge in [0, 0.05) is 0 Å². The Balaban J connectivity index is 0.000000612. The van der Waals surface area contributed by atoms with Gasteiger partial charge in [-0.3, -0.25) is 9.09 Å². The van der Waals surface area contributed by atoms with E-state index in [1.54, 1.807) is 0 Å². The molecular weight excluding hydrogens is 612 g/mol. The third-order valence-corrected chi connectivity index (χ3v) is 15.9. The van der Waals surface area contributed by atoms with Gasteiger partial charge in [0.05, 0.1) is 19.8 Å². The molecule has 2 aliphatic carbocycles. The number of hydrogen-bond acceptors (Lipinski definition) is 2. The first-order chi connectivity index (χ1) is 19.7. The van der Waals surface area contributed by atoms with Gasteiger partial charge in [0.2, 0.25) is 0 Å². The molecule has 216 valence electrons. The molecule has 10 radical (unpaired) electrons. The maximum atomic E-state index is 15.2. The molecule has 1 heterocycles. The zero-order chi connectivity index (χ0) is 29.1. The Labute approximate surface area is 268 Å². The van der Waals surface area contributed by atoms with Crippen molar-refractivity contribution in [3.63, 3.8) is 0 Å². The van der Waals surface area contributed by atoms with Crippen molar-refractivity contribution in [2.24, 2.45) is 0 Å². The molecule has 0 amide bonds. The van der Waals surface area contributed by atoms with E-state index in [9.17, 15) is 0 Å². The van der Waals surface area contributed by atoms with E-state index in [0.717, 1.165) is 11.2 Å². The first-order valence-corrected chi connectivity index (χ1v) is 20.5. The van der Waals surface area contributed by atoms with Crippen LogP contribution in [0.4, 0.5) is 0 Å². The van der Waals surface area contributed by atoms with E-state index in [4.69, 9.17) is 4.52 Å². The minimum Gasteiger partial charge on any atom is -0.298 e. The van der Waals surface area contributed by atoms with E-state index >= 15 is 4.57 Å². The normalized spacial score (nSPS) is 27.0. The van der Waals surface area contributed by atoms with Crippen LogP contribution in [0.3, 0.4) is 0 Å². The summed E-state index contributed by atoms with van der Waals surface area (Å²) >= 11 is 0. The largest absolute Gasteiger partial charge is 2.00 e. The molecule has 1 saturated heterocycles. The summed E-state index contributed by atoms with van der Waals surface area (Å²) in [6.45, 7) is 9.11. The zero-order valence-electron chi connectivity index (χ0n) is 24.9. The summed E-state index contributed by atoms with van der Waals surface area (Å²) in [6.07, 6.45) is 16.2. The van der Waals surface area contributed by atoms with Crippen molar-refractivity contribution in [1.82, 2.24) is 4.67 Å². The van der Waals surface area contributed by atoms with Crippen molar-refractivity contribution in [2.75, 3.05) is 7.05 Å². The Hall–Kier alpha value is -1.02. The molecular formula is C35H39FeNO2P2Si+2. The van der Waals surface area contributed by atoms with E-state index in [2.05, 4.69) is 118 Å². The SMILES string of the molecule is C[C@@H]1N(C)[P@@](=O)([C]2[CH][CH][CH][C]2[Si](C)(C)C)O[C@@]1(c1ccccc1)P(c1ccccc1)c1ccccc1.[CH]1[CH][CH][CH][CH]1.[Fe+2]. The van der Waals surface area contributed by atoms with Crippen LogP contribution in [0.1, 0.15) is 12.5 Å². The quantitative estimate of drug-likeness (QED) is 0.199. The van der Waals surface area contributed by atoms with E-state index in [-0.39, 0.29) is 23.1 Å². The van der Waals surface area contributed by atoms with Gasteiger partial charge in [-0.25, -0.2) is 4.67 Å². The second-order valence-corrected chi connectivity index (χ2v) is 21.2. The minimum absolute atomic E-state index is 0.